The Morgan fingerprint density at radius 3 is 2.68 bits per heavy atom. The van der Waals surface area contributed by atoms with Crippen molar-refractivity contribution >= 4 is 34.9 Å². The van der Waals surface area contributed by atoms with Crippen molar-refractivity contribution in [1.29, 1.82) is 0 Å². The van der Waals surface area contributed by atoms with E-state index in [1.165, 1.54) is 6.20 Å². The van der Waals surface area contributed by atoms with E-state index in [1.807, 2.05) is 19.9 Å². The van der Waals surface area contributed by atoms with Gasteiger partial charge in [-0.3, -0.25) is 24.2 Å². The maximum Gasteiger partial charge on any atom is 0.275 e. The topological polar surface area (TPSA) is 106 Å². The fourth-order valence-electron chi connectivity index (χ4n) is 5.18. The Hall–Kier alpha value is -4.32. The zero-order valence-electron chi connectivity index (χ0n) is 21.9. The van der Waals surface area contributed by atoms with Crippen molar-refractivity contribution in [2.24, 2.45) is 11.8 Å². The summed E-state index contributed by atoms with van der Waals surface area (Å²) in [7, 11) is 0. The van der Waals surface area contributed by atoms with Crippen molar-refractivity contribution in [2.45, 2.75) is 32.7 Å². The van der Waals surface area contributed by atoms with Gasteiger partial charge in [0.25, 0.3) is 12.3 Å². The van der Waals surface area contributed by atoms with Gasteiger partial charge in [-0.2, -0.15) is 5.10 Å². The highest BCUT2D eigenvalue weighted by Gasteiger charge is 2.52. The molecular formula is C28H23ClF3N7O2. The zero-order chi connectivity index (χ0) is 29.0. The number of alkyl halides is 2. The number of hydrogen-bond acceptors (Lipinski definition) is 6. The van der Waals surface area contributed by atoms with Crippen LogP contribution in [0.4, 0.5) is 24.7 Å². The van der Waals surface area contributed by atoms with Crippen molar-refractivity contribution in [3.63, 3.8) is 0 Å². The fourth-order valence-corrected chi connectivity index (χ4v) is 5.33. The van der Waals surface area contributed by atoms with Gasteiger partial charge in [0.1, 0.15) is 11.5 Å². The molecular weight excluding hydrogens is 559 g/mol. The van der Waals surface area contributed by atoms with Crippen LogP contribution in [-0.2, 0) is 4.79 Å². The van der Waals surface area contributed by atoms with Gasteiger partial charge in [-0.25, -0.2) is 23.1 Å². The summed E-state index contributed by atoms with van der Waals surface area (Å²) >= 11 is 5.81. The van der Waals surface area contributed by atoms with Gasteiger partial charge in [0, 0.05) is 36.0 Å². The van der Waals surface area contributed by atoms with E-state index in [9.17, 15) is 22.8 Å². The number of amides is 2. The molecule has 2 amide bonds. The van der Waals surface area contributed by atoms with Gasteiger partial charge in [-0.15, -0.1) is 0 Å². The molecule has 6 rings (SSSR count). The number of nitrogens with zero attached hydrogens (tertiary/aromatic N) is 6. The van der Waals surface area contributed by atoms with E-state index in [1.54, 1.807) is 22.0 Å². The average Bonchev–Trinajstić information content (AvgIpc) is 3.45. The SMILES string of the molecule is Cc1cc(N2C[C@H]3C[C@H]3C2=O)ncc1C(C)n1cc(NC(=O)c2cncc(-c3c(C(F)F)ccc(Cl)c3F)n2)cn1. The first kappa shape index (κ1) is 26.9. The minimum atomic E-state index is -2.99. The molecule has 4 heterocycles. The van der Waals surface area contributed by atoms with Gasteiger partial charge < -0.3 is 5.32 Å². The smallest absolute Gasteiger partial charge is 0.275 e. The predicted octanol–water partition coefficient (Wildman–Crippen LogP) is 5.62. The number of aryl methyl sites for hydroxylation is 1. The Kier molecular flexibility index (Phi) is 6.72. The Balaban J connectivity index is 1.18. The second-order valence-electron chi connectivity index (χ2n) is 10.2. The highest BCUT2D eigenvalue weighted by molar-refractivity contribution is 6.31. The van der Waals surface area contributed by atoms with Crippen LogP contribution >= 0.6 is 11.6 Å². The lowest BCUT2D eigenvalue weighted by Crippen LogP contribution is -2.29. The second-order valence-corrected chi connectivity index (χ2v) is 10.6. The average molecular weight is 582 g/mol. The number of benzene rings is 1. The Labute approximate surface area is 237 Å². The van der Waals surface area contributed by atoms with Crippen molar-refractivity contribution < 1.29 is 22.8 Å². The summed E-state index contributed by atoms with van der Waals surface area (Å²) in [4.78, 5) is 39.6. The summed E-state index contributed by atoms with van der Waals surface area (Å²) in [5.74, 6) is -0.392. The summed E-state index contributed by atoms with van der Waals surface area (Å²) in [5, 5.41) is 6.64. The molecule has 1 N–H and O–H groups in total. The van der Waals surface area contributed by atoms with Crippen LogP contribution in [-0.4, -0.2) is 43.1 Å². The zero-order valence-corrected chi connectivity index (χ0v) is 22.6. The van der Waals surface area contributed by atoms with E-state index >= 15 is 0 Å². The van der Waals surface area contributed by atoms with Crippen molar-refractivity contribution in [2.75, 3.05) is 16.8 Å². The molecule has 3 atom stereocenters. The maximum atomic E-state index is 14.7. The first-order valence-corrected chi connectivity index (χ1v) is 13.2. The predicted molar refractivity (Wildman–Crippen MR) is 144 cm³/mol. The number of anilines is 2. The third-order valence-corrected chi connectivity index (χ3v) is 7.82. The summed E-state index contributed by atoms with van der Waals surface area (Å²) in [5.41, 5.74) is 0.584. The van der Waals surface area contributed by atoms with Crippen molar-refractivity contribution in [3.8, 4) is 11.3 Å². The molecule has 1 saturated carbocycles. The molecule has 3 aromatic heterocycles. The number of pyridine rings is 1. The van der Waals surface area contributed by atoms with E-state index in [2.05, 4.69) is 25.4 Å². The second kappa shape index (κ2) is 10.3. The van der Waals surface area contributed by atoms with Crippen LogP contribution in [0.3, 0.4) is 0 Å². The summed E-state index contributed by atoms with van der Waals surface area (Å²) in [6.07, 6.45) is 5.00. The molecule has 1 aliphatic carbocycles. The molecule has 1 aliphatic heterocycles. The molecule has 0 radical (unpaired) electrons. The monoisotopic (exact) mass is 581 g/mol. The molecule has 0 bridgehead atoms. The number of carbonyl (C=O) groups excluding carboxylic acids is 2. The molecule has 210 valence electrons. The van der Waals surface area contributed by atoms with Crippen molar-refractivity contribution in [3.05, 3.63) is 82.4 Å². The number of rotatable bonds is 7. The normalized spacial score (nSPS) is 18.5. The van der Waals surface area contributed by atoms with E-state index in [-0.39, 0.29) is 34.3 Å². The van der Waals surface area contributed by atoms with Crippen LogP contribution in [0.2, 0.25) is 5.02 Å². The number of fused-ring (bicyclic) bond motifs is 1. The lowest BCUT2D eigenvalue weighted by molar-refractivity contribution is -0.118. The fraction of sp³-hybridized carbons (Fsp3) is 0.286. The molecule has 4 aromatic rings. The van der Waals surface area contributed by atoms with Gasteiger partial charge in [-0.1, -0.05) is 17.7 Å². The van der Waals surface area contributed by atoms with E-state index < -0.39 is 29.3 Å². The maximum absolute atomic E-state index is 14.7. The minimum Gasteiger partial charge on any atom is -0.318 e. The standard InChI is InChI=1S/C28H23ClF3N7O2/c1-13-5-23(38-11-15-6-18(15)28(38)41)34-8-19(13)14(2)39-12-16(7-35-39)36-27(40)22-10-33-9-21(37-22)24-17(26(31)32)3-4-20(29)25(24)30/h3-5,7-10,12,14-15,18,26H,6,11H2,1-2H3,(H,36,40)/t14?,15-,18-/m1/s1. The van der Waals surface area contributed by atoms with E-state index in [0.717, 1.165) is 42.1 Å². The molecule has 0 spiro atoms. The van der Waals surface area contributed by atoms with Gasteiger partial charge in [0.15, 0.2) is 5.82 Å². The molecule has 2 fully saturated rings. The van der Waals surface area contributed by atoms with Crippen LogP contribution in [0.15, 0.2) is 49.2 Å². The van der Waals surface area contributed by atoms with Gasteiger partial charge in [0.2, 0.25) is 5.91 Å². The van der Waals surface area contributed by atoms with E-state index in [0.29, 0.717) is 24.0 Å². The lowest BCUT2D eigenvalue weighted by atomic mass is 10.0. The quantitative estimate of drug-likeness (QED) is 0.304. The first-order chi connectivity index (χ1) is 19.6. The number of piperidine rings is 1. The largest absolute Gasteiger partial charge is 0.318 e. The van der Waals surface area contributed by atoms with Crippen LogP contribution in [0, 0.1) is 24.6 Å². The number of hydrogen-bond donors (Lipinski definition) is 1. The minimum absolute atomic E-state index is 0.137. The van der Waals surface area contributed by atoms with Crippen LogP contribution in [0.25, 0.3) is 11.3 Å². The van der Waals surface area contributed by atoms with Gasteiger partial charge in [0.05, 0.1) is 41.0 Å². The molecule has 1 unspecified atom stereocenters. The summed E-state index contributed by atoms with van der Waals surface area (Å²) < 4.78 is 43.4. The van der Waals surface area contributed by atoms with Crippen LogP contribution < -0.4 is 10.2 Å². The number of carbonyl (C=O) groups is 2. The van der Waals surface area contributed by atoms with Crippen LogP contribution in [0.1, 0.15) is 53.0 Å². The molecule has 41 heavy (non-hydrogen) atoms. The molecule has 2 aliphatic rings. The first-order valence-electron chi connectivity index (χ1n) is 12.8. The molecule has 1 saturated heterocycles. The highest BCUT2D eigenvalue weighted by Crippen LogP contribution is 2.47. The molecule has 13 heteroatoms. The number of aromatic nitrogens is 5. The third-order valence-electron chi connectivity index (χ3n) is 7.53. The lowest BCUT2D eigenvalue weighted by Gasteiger charge is -2.20. The Morgan fingerprint density at radius 1 is 1.17 bits per heavy atom. The summed E-state index contributed by atoms with van der Waals surface area (Å²) in [6.45, 7) is 4.58. The number of halogens is 4. The Bertz CT molecular complexity index is 1700. The summed E-state index contributed by atoms with van der Waals surface area (Å²) in [6, 6.07) is 3.70. The van der Waals surface area contributed by atoms with E-state index in [4.69, 9.17) is 11.6 Å². The Morgan fingerprint density at radius 2 is 1.98 bits per heavy atom. The van der Waals surface area contributed by atoms with Gasteiger partial charge >= 0.3 is 0 Å². The van der Waals surface area contributed by atoms with Crippen molar-refractivity contribution in [1.82, 2.24) is 24.7 Å². The molecule has 1 aromatic carbocycles. The van der Waals surface area contributed by atoms with Crippen LogP contribution in [0.5, 0.6) is 0 Å². The third kappa shape index (κ3) is 4.92. The highest BCUT2D eigenvalue weighted by atomic mass is 35.5. The number of nitrogens with one attached hydrogen (secondary N) is 1. The molecule has 9 nitrogen and oxygen atoms in total. The van der Waals surface area contributed by atoms with Gasteiger partial charge in [-0.05, 0) is 49.4 Å².